The standard InChI is InChI=1S/C15H23NO/c1-9-4-6-16(7-5-9)15(17)14-12-10-2-3-11(8-10)13(12)14/h9-14H,2-8H2,1H3/t10-,11-,12+,13+/m0/s1. The molecule has 1 aliphatic heterocycles. The Morgan fingerprint density at radius 3 is 2.18 bits per heavy atom. The molecule has 2 nitrogen and oxygen atoms in total. The van der Waals surface area contributed by atoms with Crippen molar-refractivity contribution in [1.82, 2.24) is 4.90 Å². The average molecular weight is 233 g/mol. The highest BCUT2D eigenvalue weighted by molar-refractivity contribution is 5.83. The van der Waals surface area contributed by atoms with Crippen LogP contribution in [0.2, 0.25) is 0 Å². The van der Waals surface area contributed by atoms with Gasteiger partial charge in [-0.25, -0.2) is 0 Å². The molecule has 0 radical (unpaired) electrons. The minimum Gasteiger partial charge on any atom is -0.342 e. The molecule has 3 saturated carbocycles. The van der Waals surface area contributed by atoms with Crippen molar-refractivity contribution in [3.8, 4) is 0 Å². The second-order valence-corrected chi connectivity index (χ2v) is 7.02. The maximum Gasteiger partial charge on any atom is 0.226 e. The van der Waals surface area contributed by atoms with Crippen LogP contribution in [0, 0.1) is 35.5 Å². The van der Waals surface area contributed by atoms with Crippen LogP contribution in [0.25, 0.3) is 0 Å². The molecule has 0 aromatic carbocycles. The number of rotatable bonds is 1. The van der Waals surface area contributed by atoms with Crippen molar-refractivity contribution in [2.24, 2.45) is 35.5 Å². The minimum atomic E-state index is 0.467. The molecule has 0 unspecified atom stereocenters. The van der Waals surface area contributed by atoms with Gasteiger partial charge in [0.25, 0.3) is 0 Å². The fraction of sp³-hybridized carbons (Fsp3) is 0.933. The Labute approximate surface area is 104 Å². The van der Waals surface area contributed by atoms with Gasteiger partial charge in [-0.15, -0.1) is 0 Å². The number of piperidine rings is 1. The SMILES string of the molecule is CC1CCN(C(=O)C2[C@@H]3[C@H]4CC[C@@H](C4)[C@@H]23)CC1. The van der Waals surface area contributed by atoms with E-state index in [4.69, 9.17) is 0 Å². The first-order valence-corrected chi connectivity index (χ1v) is 7.54. The Morgan fingerprint density at radius 2 is 1.59 bits per heavy atom. The largest absolute Gasteiger partial charge is 0.342 e. The zero-order chi connectivity index (χ0) is 11.6. The smallest absolute Gasteiger partial charge is 0.226 e. The molecular weight excluding hydrogens is 210 g/mol. The second-order valence-electron chi connectivity index (χ2n) is 7.02. The maximum atomic E-state index is 12.5. The van der Waals surface area contributed by atoms with Crippen molar-refractivity contribution in [2.75, 3.05) is 13.1 Å². The molecule has 0 aromatic heterocycles. The van der Waals surface area contributed by atoms with Gasteiger partial charge in [0, 0.05) is 19.0 Å². The quantitative estimate of drug-likeness (QED) is 0.681. The van der Waals surface area contributed by atoms with Crippen LogP contribution >= 0.6 is 0 Å². The predicted octanol–water partition coefficient (Wildman–Crippen LogP) is 2.54. The molecule has 0 N–H and O–H groups in total. The molecule has 4 fully saturated rings. The van der Waals surface area contributed by atoms with Gasteiger partial charge in [-0.2, -0.15) is 0 Å². The van der Waals surface area contributed by atoms with Crippen LogP contribution in [0.15, 0.2) is 0 Å². The average Bonchev–Trinajstić information content (AvgIpc) is 2.77. The molecule has 0 aromatic rings. The number of hydrogen-bond donors (Lipinski definition) is 0. The van der Waals surface area contributed by atoms with Gasteiger partial charge in [0.1, 0.15) is 0 Å². The summed E-state index contributed by atoms with van der Waals surface area (Å²) in [5.74, 6) is 5.33. The highest BCUT2D eigenvalue weighted by Crippen LogP contribution is 2.69. The molecule has 1 heterocycles. The lowest BCUT2D eigenvalue weighted by molar-refractivity contribution is -0.135. The zero-order valence-corrected chi connectivity index (χ0v) is 10.8. The molecule has 4 rings (SSSR count). The Balaban J connectivity index is 1.42. The van der Waals surface area contributed by atoms with Gasteiger partial charge in [-0.05, 0) is 61.7 Å². The maximum absolute atomic E-state index is 12.5. The van der Waals surface area contributed by atoms with Crippen LogP contribution in [0.3, 0.4) is 0 Å². The molecule has 94 valence electrons. The van der Waals surface area contributed by atoms with E-state index < -0.39 is 0 Å². The summed E-state index contributed by atoms with van der Waals surface area (Å²) < 4.78 is 0. The first-order valence-electron chi connectivity index (χ1n) is 7.54. The summed E-state index contributed by atoms with van der Waals surface area (Å²) in [6, 6.07) is 0. The van der Waals surface area contributed by atoms with Gasteiger partial charge in [-0.3, -0.25) is 4.79 Å². The summed E-state index contributed by atoms with van der Waals surface area (Å²) in [6.07, 6.45) is 6.75. The van der Waals surface area contributed by atoms with E-state index in [-0.39, 0.29) is 0 Å². The first kappa shape index (κ1) is 10.4. The van der Waals surface area contributed by atoms with Crippen molar-refractivity contribution in [1.29, 1.82) is 0 Å². The minimum absolute atomic E-state index is 0.467. The van der Waals surface area contributed by atoms with Gasteiger partial charge >= 0.3 is 0 Å². The molecule has 4 aliphatic rings. The van der Waals surface area contributed by atoms with E-state index in [0.717, 1.165) is 42.7 Å². The third-order valence-electron chi connectivity index (χ3n) is 6.12. The van der Waals surface area contributed by atoms with E-state index in [1.165, 1.54) is 32.1 Å². The van der Waals surface area contributed by atoms with Crippen molar-refractivity contribution >= 4 is 5.91 Å². The molecule has 4 atom stereocenters. The van der Waals surface area contributed by atoms with Crippen molar-refractivity contribution in [3.05, 3.63) is 0 Å². The number of carbonyl (C=O) groups is 1. The molecule has 0 spiro atoms. The highest BCUT2D eigenvalue weighted by atomic mass is 16.2. The second kappa shape index (κ2) is 3.49. The summed E-state index contributed by atoms with van der Waals surface area (Å²) >= 11 is 0. The monoisotopic (exact) mass is 233 g/mol. The zero-order valence-electron chi connectivity index (χ0n) is 10.8. The summed E-state index contributed by atoms with van der Waals surface area (Å²) in [6.45, 7) is 4.38. The van der Waals surface area contributed by atoms with E-state index in [9.17, 15) is 4.79 Å². The van der Waals surface area contributed by atoms with Gasteiger partial charge in [-0.1, -0.05) is 6.92 Å². The van der Waals surface area contributed by atoms with Gasteiger partial charge < -0.3 is 4.90 Å². The number of fused-ring (bicyclic) bond motifs is 5. The van der Waals surface area contributed by atoms with E-state index in [0.29, 0.717) is 11.8 Å². The van der Waals surface area contributed by atoms with E-state index in [1.54, 1.807) is 0 Å². The third kappa shape index (κ3) is 1.42. The first-order chi connectivity index (χ1) is 8.25. The molecule has 2 heteroatoms. The number of carbonyl (C=O) groups excluding carboxylic acids is 1. The third-order valence-corrected chi connectivity index (χ3v) is 6.12. The fourth-order valence-corrected chi connectivity index (χ4v) is 5.10. The molecule has 17 heavy (non-hydrogen) atoms. The van der Waals surface area contributed by atoms with Crippen LogP contribution in [0.1, 0.15) is 39.0 Å². The number of nitrogens with zero attached hydrogens (tertiary/aromatic N) is 1. The lowest BCUT2D eigenvalue weighted by Gasteiger charge is -2.31. The highest BCUT2D eigenvalue weighted by Gasteiger charge is 2.67. The summed E-state index contributed by atoms with van der Waals surface area (Å²) in [5.41, 5.74) is 0. The Kier molecular flexibility index (Phi) is 2.13. The van der Waals surface area contributed by atoms with Crippen LogP contribution in [0.4, 0.5) is 0 Å². The predicted molar refractivity (Wildman–Crippen MR) is 66.3 cm³/mol. The summed E-state index contributed by atoms with van der Waals surface area (Å²) in [7, 11) is 0. The summed E-state index contributed by atoms with van der Waals surface area (Å²) in [5, 5.41) is 0. The van der Waals surface area contributed by atoms with Gasteiger partial charge in [0.05, 0.1) is 0 Å². The Hall–Kier alpha value is -0.530. The molecule has 1 amide bonds. The van der Waals surface area contributed by atoms with E-state index in [2.05, 4.69) is 11.8 Å². The lowest BCUT2D eigenvalue weighted by atomic mass is 9.97. The van der Waals surface area contributed by atoms with Crippen molar-refractivity contribution < 1.29 is 4.79 Å². The lowest BCUT2D eigenvalue weighted by Crippen LogP contribution is -2.39. The number of amides is 1. The van der Waals surface area contributed by atoms with Crippen LogP contribution < -0.4 is 0 Å². The fourth-order valence-electron chi connectivity index (χ4n) is 5.10. The normalized spacial score (nSPS) is 48.3. The molecular formula is C15H23NO. The number of hydrogen-bond acceptors (Lipinski definition) is 1. The van der Waals surface area contributed by atoms with Crippen molar-refractivity contribution in [2.45, 2.75) is 39.0 Å². The van der Waals surface area contributed by atoms with Gasteiger partial charge in [0.15, 0.2) is 0 Å². The van der Waals surface area contributed by atoms with Gasteiger partial charge in [0.2, 0.25) is 5.91 Å². The summed E-state index contributed by atoms with van der Waals surface area (Å²) in [4.78, 5) is 14.7. The van der Waals surface area contributed by atoms with Crippen LogP contribution in [0.5, 0.6) is 0 Å². The number of likely N-dealkylation sites (tertiary alicyclic amines) is 1. The molecule has 2 bridgehead atoms. The Bertz CT molecular complexity index is 329. The van der Waals surface area contributed by atoms with Crippen LogP contribution in [-0.2, 0) is 4.79 Å². The topological polar surface area (TPSA) is 20.3 Å². The van der Waals surface area contributed by atoms with E-state index in [1.807, 2.05) is 0 Å². The van der Waals surface area contributed by atoms with Crippen LogP contribution in [-0.4, -0.2) is 23.9 Å². The van der Waals surface area contributed by atoms with E-state index >= 15 is 0 Å². The molecule has 3 aliphatic carbocycles. The Morgan fingerprint density at radius 1 is 1.00 bits per heavy atom. The molecule has 1 saturated heterocycles. The van der Waals surface area contributed by atoms with Crippen molar-refractivity contribution in [3.63, 3.8) is 0 Å².